The van der Waals surface area contributed by atoms with E-state index < -0.39 is 0 Å². The van der Waals surface area contributed by atoms with Gasteiger partial charge >= 0.3 is 0 Å². The minimum absolute atomic E-state index is 1.36. The first kappa shape index (κ1) is 15.1. The fourth-order valence-electron chi connectivity index (χ4n) is 3.49. The molecule has 0 aromatic rings. The number of allylic oxidation sites excluding steroid dienone is 4. The van der Waals surface area contributed by atoms with Crippen LogP contribution in [0, 0.1) is 0 Å². The predicted molar refractivity (Wildman–Crippen MR) is 93.9 cm³/mol. The highest BCUT2D eigenvalue weighted by Gasteiger charge is 2.22. The van der Waals surface area contributed by atoms with Crippen LogP contribution in [0.3, 0.4) is 0 Å². The fraction of sp³-hybridized carbons (Fsp3) is 0.778. The third-order valence-electron chi connectivity index (χ3n) is 4.73. The van der Waals surface area contributed by atoms with Crippen molar-refractivity contribution < 1.29 is 0 Å². The number of hydrogen-bond acceptors (Lipinski definition) is 2. The van der Waals surface area contributed by atoms with Gasteiger partial charge in [0.05, 0.1) is 0 Å². The molecular weight excluding hydrogens is 280 g/mol. The van der Waals surface area contributed by atoms with Crippen LogP contribution >= 0.6 is 23.5 Å². The van der Waals surface area contributed by atoms with Crippen LogP contribution in [-0.4, -0.2) is 0 Å². The maximum Gasteiger partial charge on any atom is -0.000682 e. The molecule has 1 aliphatic heterocycles. The van der Waals surface area contributed by atoms with E-state index in [1.54, 1.807) is 19.6 Å². The summed E-state index contributed by atoms with van der Waals surface area (Å²) in [5.74, 6) is 0. The zero-order chi connectivity index (χ0) is 13.6. The lowest BCUT2D eigenvalue weighted by atomic mass is 10.1. The maximum absolute atomic E-state index is 2.20. The summed E-state index contributed by atoms with van der Waals surface area (Å²) < 4.78 is 0. The summed E-state index contributed by atoms with van der Waals surface area (Å²) in [4.78, 5) is 7.04. The van der Waals surface area contributed by atoms with E-state index in [1.165, 1.54) is 89.9 Å². The lowest BCUT2D eigenvalue weighted by Gasteiger charge is -2.24. The van der Waals surface area contributed by atoms with Crippen molar-refractivity contribution in [3.05, 3.63) is 19.6 Å². The van der Waals surface area contributed by atoms with E-state index in [0.717, 1.165) is 0 Å². The topological polar surface area (TPSA) is 0 Å². The Balaban J connectivity index is 1.73. The Bertz CT molecular complexity index is 322. The lowest BCUT2D eigenvalue weighted by molar-refractivity contribution is 0.629. The van der Waals surface area contributed by atoms with Crippen LogP contribution in [0.5, 0.6) is 0 Å². The summed E-state index contributed by atoms with van der Waals surface area (Å²) in [6.07, 6.45) is 19.9. The van der Waals surface area contributed by atoms with Gasteiger partial charge in [0, 0.05) is 0 Å². The van der Waals surface area contributed by atoms with Crippen LogP contribution in [-0.2, 0) is 0 Å². The molecule has 0 fully saturated rings. The normalized spacial score (nSPS) is 26.4. The van der Waals surface area contributed by atoms with Gasteiger partial charge < -0.3 is 0 Å². The van der Waals surface area contributed by atoms with Gasteiger partial charge in [0.15, 0.2) is 0 Å². The third-order valence-corrected chi connectivity index (χ3v) is 7.78. The lowest BCUT2D eigenvalue weighted by Crippen LogP contribution is -1.97. The van der Waals surface area contributed by atoms with Gasteiger partial charge in [-0.05, 0) is 71.0 Å². The second kappa shape index (κ2) is 7.98. The van der Waals surface area contributed by atoms with Gasteiger partial charge in [-0.1, -0.05) is 62.0 Å². The van der Waals surface area contributed by atoms with Gasteiger partial charge in [-0.3, -0.25) is 0 Å². The van der Waals surface area contributed by atoms with Crippen molar-refractivity contribution in [1.82, 2.24) is 0 Å². The summed E-state index contributed by atoms with van der Waals surface area (Å²) >= 11 is 4.40. The summed E-state index contributed by atoms with van der Waals surface area (Å²) in [5.41, 5.74) is 0. The molecule has 0 unspecified atom stereocenters. The summed E-state index contributed by atoms with van der Waals surface area (Å²) in [5, 5.41) is 0. The van der Waals surface area contributed by atoms with Gasteiger partial charge in [0.2, 0.25) is 0 Å². The number of thioether (sulfide) groups is 2. The van der Waals surface area contributed by atoms with E-state index >= 15 is 0 Å². The molecule has 0 bridgehead atoms. The minimum atomic E-state index is 1.36. The van der Waals surface area contributed by atoms with E-state index in [-0.39, 0.29) is 0 Å². The first-order chi connectivity index (χ1) is 9.93. The zero-order valence-corrected chi connectivity index (χ0v) is 14.3. The molecule has 0 radical (unpaired) electrons. The Morgan fingerprint density at radius 2 is 0.600 bits per heavy atom. The van der Waals surface area contributed by atoms with Crippen molar-refractivity contribution in [1.29, 1.82) is 0 Å². The van der Waals surface area contributed by atoms with E-state index in [1.807, 2.05) is 0 Å². The Kier molecular flexibility index (Phi) is 6.02. The molecule has 0 saturated carbocycles. The first-order valence-corrected chi connectivity index (χ1v) is 10.4. The molecule has 0 nitrogen and oxygen atoms in total. The van der Waals surface area contributed by atoms with Crippen molar-refractivity contribution in [3.8, 4) is 0 Å². The van der Waals surface area contributed by atoms with Crippen LogP contribution in [0.2, 0.25) is 0 Å². The Hall–Kier alpha value is 0.180. The molecule has 2 aliphatic carbocycles. The van der Waals surface area contributed by atoms with Crippen LogP contribution in [0.25, 0.3) is 0 Å². The van der Waals surface area contributed by atoms with E-state index in [0.29, 0.717) is 0 Å². The number of hydrogen-bond donors (Lipinski definition) is 0. The second-order valence-electron chi connectivity index (χ2n) is 6.43. The quantitative estimate of drug-likeness (QED) is 0.458. The Morgan fingerprint density at radius 1 is 0.350 bits per heavy atom. The van der Waals surface area contributed by atoms with Crippen LogP contribution in [0.15, 0.2) is 19.6 Å². The van der Waals surface area contributed by atoms with Gasteiger partial charge in [-0.15, -0.1) is 0 Å². The molecule has 0 spiro atoms. The Labute approximate surface area is 133 Å². The van der Waals surface area contributed by atoms with Crippen molar-refractivity contribution in [3.63, 3.8) is 0 Å². The zero-order valence-electron chi connectivity index (χ0n) is 12.7. The molecule has 0 aromatic heterocycles. The standard InChI is InChI=1S/C18H28S2/c1-3-7-11-15-16(12-8-4-1)20-18-14-10-6-2-5-9-13-17(18)19-15/h1-14H2. The van der Waals surface area contributed by atoms with Crippen molar-refractivity contribution in [2.75, 3.05) is 0 Å². The molecule has 2 heteroatoms. The van der Waals surface area contributed by atoms with E-state index in [4.69, 9.17) is 0 Å². The average molecular weight is 309 g/mol. The molecule has 0 N–H and O–H groups in total. The highest BCUT2D eigenvalue weighted by Crippen LogP contribution is 2.52. The molecule has 0 saturated heterocycles. The SMILES string of the molecule is C1CCCC2=C(CCC1)SC1=C(CCCCCCC1)S2. The largest absolute Gasteiger partial charge is 0.0973 e. The summed E-state index contributed by atoms with van der Waals surface area (Å²) in [6.45, 7) is 0. The van der Waals surface area contributed by atoms with Crippen molar-refractivity contribution in [2.45, 2.75) is 89.9 Å². The monoisotopic (exact) mass is 308 g/mol. The van der Waals surface area contributed by atoms with Gasteiger partial charge in [-0.2, -0.15) is 0 Å². The summed E-state index contributed by atoms with van der Waals surface area (Å²) in [7, 11) is 0. The predicted octanol–water partition coefficient (Wildman–Crippen LogP) is 7.38. The van der Waals surface area contributed by atoms with Crippen molar-refractivity contribution in [2.24, 2.45) is 0 Å². The van der Waals surface area contributed by atoms with Crippen LogP contribution in [0.1, 0.15) is 89.9 Å². The van der Waals surface area contributed by atoms with Gasteiger partial charge in [-0.25, -0.2) is 0 Å². The van der Waals surface area contributed by atoms with Crippen molar-refractivity contribution >= 4 is 23.5 Å². The summed E-state index contributed by atoms with van der Waals surface area (Å²) in [6, 6.07) is 0. The highest BCUT2D eigenvalue weighted by molar-refractivity contribution is 8.13. The molecule has 20 heavy (non-hydrogen) atoms. The van der Waals surface area contributed by atoms with Gasteiger partial charge in [0.25, 0.3) is 0 Å². The molecule has 112 valence electrons. The van der Waals surface area contributed by atoms with Gasteiger partial charge in [0.1, 0.15) is 0 Å². The molecule has 3 rings (SSSR count). The third kappa shape index (κ3) is 4.10. The highest BCUT2D eigenvalue weighted by atomic mass is 32.2. The smallest absolute Gasteiger partial charge is 0.000682 e. The molecule has 3 aliphatic rings. The first-order valence-electron chi connectivity index (χ1n) is 8.73. The van der Waals surface area contributed by atoms with E-state index in [2.05, 4.69) is 23.5 Å². The van der Waals surface area contributed by atoms with Crippen LogP contribution < -0.4 is 0 Å². The van der Waals surface area contributed by atoms with Crippen LogP contribution in [0.4, 0.5) is 0 Å². The maximum atomic E-state index is 2.20. The molecule has 1 heterocycles. The fourth-order valence-corrected chi connectivity index (χ4v) is 6.43. The van der Waals surface area contributed by atoms with E-state index in [9.17, 15) is 0 Å². The molecular formula is C18H28S2. The molecule has 0 atom stereocenters. The molecule has 0 amide bonds. The minimum Gasteiger partial charge on any atom is -0.0973 e. The average Bonchev–Trinajstić information content (AvgIpc) is 2.64. The second-order valence-corrected chi connectivity index (χ2v) is 8.81. The number of rotatable bonds is 0. The Morgan fingerprint density at radius 3 is 0.900 bits per heavy atom. The molecule has 0 aromatic carbocycles.